The van der Waals surface area contributed by atoms with Crippen molar-refractivity contribution < 1.29 is 13.9 Å². The van der Waals surface area contributed by atoms with Crippen LogP contribution < -0.4 is 4.74 Å². The number of terminal acetylenes is 1. The van der Waals surface area contributed by atoms with Crippen LogP contribution in [0, 0.1) is 23.6 Å². The van der Waals surface area contributed by atoms with E-state index in [1.54, 1.807) is 12.1 Å². The van der Waals surface area contributed by atoms with Crippen LogP contribution in [0.5, 0.6) is 5.75 Å². The van der Waals surface area contributed by atoms with Crippen molar-refractivity contribution in [1.82, 2.24) is 9.80 Å². The Labute approximate surface area is 195 Å². The molecule has 3 fully saturated rings. The second-order valence-corrected chi connectivity index (χ2v) is 9.74. The molecular formula is C28H31FN2O2. The molecule has 4 aliphatic heterocycles. The standard InChI is InChI=1S/C28H31FN2O2/c1-2-19-33-24-7-8-25-22(20-24)10-15-31(27(25)21-3-5-23(29)6-4-21)26(32)9-11-28-12-16-30(17-13-28)18-14-28/h1,3-8,20,27H,9-19H2/t27-/m0/s1. The molecule has 33 heavy (non-hydrogen) atoms. The maximum Gasteiger partial charge on any atom is 0.223 e. The van der Waals surface area contributed by atoms with Crippen LogP contribution in [0.1, 0.15) is 54.8 Å². The Morgan fingerprint density at radius 3 is 2.52 bits per heavy atom. The molecule has 2 aromatic rings. The van der Waals surface area contributed by atoms with Crippen molar-refractivity contribution in [2.75, 3.05) is 32.8 Å². The number of ether oxygens (including phenoxy) is 1. The van der Waals surface area contributed by atoms with Crippen LogP contribution in [-0.2, 0) is 11.2 Å². The topological polar surface area (TPSA) is 32.8 Å². The van der Waals surface area contributed by atoms with Crippen molar-refractivity contribution in [3.8, 4) is 18.1 Å². The molecule has 172 valence electrons. The fourth-order valence-corrected chi connectivity index (χ4v) is 5.88. The first-order chi connectivity index (χ1) is 16.1. The minimum atomic E-state index is -0.270. The van der Waals surface area contributed by atoms with Crippen LogP contribution in [0.25, 0.3) is 0 Å². The van der Waals surface area contributed by atoms with E-state index in [0.717, 1.165) is 35.3 Å². The van der Waals surface area contributed by atoms with Gasteiger partial charge in [0.1, 0.15) is 18.2 Å². The monoisotopic (exact) mass is 446 g/mol. The largest absolute Gasteiger partial charge is 0.481 e. The average molecular weight is 447 g/mol. The molecule has 5 heteroatoms. The molecule has 0 spiro atoms. The van der Waals surface area contributed by atoms with Crippen molar-refractivity contribution >= 4 is 5.91 Å². The molecule has 4 heterocycles. The SMILES string of the molecule is C#CCOc1ccc2c(c1)CCN(C(=O)CCC13CCN(CC1)CC3)[C@H]2c1ccc(F)cc1. The molecule has 4 aliphatic rings. The molecule has 2 aromatic carbocycles. The quantitative estimate of drug-likeness (QED) is 0.609. The van der Waals surface area contributed by atoms with Crippen LogP contribution in [-0.4, -0.2) is 48.5 Å². The summed E-state index contributed by atoms with van der Waals surface area (Å²) in [5.41, 5.74) is 3.51. The summed E-state index contributed by atoms with van der Waals surface area (Å²) in [6.45, 7) is 4.40. The highest BCUT2D eigenvalue weighted by Gasteiger charge is 2.40. The summed E-state index contributed by atoms with van der Waals surface area (Å²) in [7, 11) is 0. The summed E-state index contributed by atoms with van der Waals surface area (Å²) in [4.78, 5) is 18.1. The third-order valence-corrected chi connectivity index (χ3v) is 7.92. The third kappa shape index (κ3) is 4.50. The van der Waals surface area contributed by atoms with Gasteiger partial charge >= 0.3 is 0 Å². The number of amides is 1. The maximum atomic E-state index is 13.7. The molecule has 6 rings (SSSR count). The van der Waals surface area contributed by atoms with Gasteiger partial charge in [0, 0.05) is 13.0 Å². The molecular weight excluding hydrogens is 415 g/mol. The molecule has 1 amide bonds. The van der Waals surface area contributed by atoms with Gasteiger partial charge in [0.25, 0.3) is 0 Å². The van der Waals surface area contributed by atoms with Crippen molar-refractivity contribution in [1.29, 1.82) is 0 Å². The van der Waals surface area contributed by atoms with Crippen molar-refractivity contribution in [2.45, 2.75) is 44.6 Å². The van der Waals surface area contributed by atoms with Crippen LogP contribution in [0.4, 0.5) is 4.39 Å². The van der Waals surface area contributed by atoms with Gasteiger partial charge in [-0.15, -0.1) is 6.42 Å². The molecule has 0 aliphatic carbocycles. The van der Waals surface area contributed by atoms with Gasteiger partial charge in [-0.1, -0.05) is 24.1 Å². The van der Waals surface area contributed by atoms with E-state index in [4.69, 9.17) is 11.2 Å². The average Bonchev–Trinajstić information content (AvgIpc) is 2.87. The molecule has 1 atom stereocenters. The van der Waals surface area contributed by atoms with Crippen molar-refractivity contribution in [2.24, 2.45) is 5.41 Å². The van der Waals surface area contributed by atoms with Gasteiger partial charge < -0.3 is 14.5 Å². The van der Waals surface area contributed by atoms with Crippen LogP contribution in [0.3, 0.4) is 0 Å². The Hall–Kier alpha value is -2.84. The lowest BCUT2D eigenvalue weighted by Crippen LogP contribution is -2.48. The molecule has 0 saturated carbocycles. The first-order valence-electron chi connectivity index (χ1n) is 12.0. The van der Waals surface area contributed by atoms with Gasteiger partial charge in [0.2, 0.25) is 5.91 Å². The molecule has 0 radical (unpaired) electrons. The van der Waals surface area contributed by atoms with Gasteiger partial charge in [0.15, 0.2) is 0 Å². The lowest BCUT2D eigenvalue weighted by atomic mass is 9.69. The van der Waals surface area contributed by atoms with Gasteiger partial charge in [-0.25, -0.2) is 4.39 Å². The smallest absolute Gasteiger partial charge is 0.223 e. The Morgan fingerprint density at radius 1 is 1.09 bits per heavy atom. The number of hydrogen-bond acceptors (Lipinski definition) is 3. The minimum Gasteiger partial charge on any atom is -0.481 e. The molecule has 0 aromatic heterocycles. The Bertz CT molecular complexity index is 1040. The number of rotatable bonds is 6. The zero-order valence-electron chi connectivity index (χ0n) is 19.1. The molecule has 3 saturated heterocycles. The highest BCUT2D eigenvalue weighted by molar-refractivity contribution is 5.78. The summed E-state index contributed by atoms with van der Waals surface area (Å²) >= 11 is 0. The first-order valence-corrected chi connectivity index (χ1v) is 12.0. The number of carbonyl (C=O) groups excluding carboxylic acids is 1. The molecule has 2 bridgehead atoms. The van der Waals surface area contributed by atoms with Gasteiger partial charge in [-0.05, 0) is 98.1 Å². The van der Waals surface area contributed by atoms with E-state index >= 15 is 0 Å². The highest BCUT2D eigenvalue weighted by atomic mass is 19.1. The second-order valence-electron chi connectivity index (χ2n) is 9.74. The van der Waals surface area contributed by atoms with E-state index in [9.17, 15) is 9.18 Å². The number of fused-ring (bicyclic) bond motifs is 4. The molecule has 0 N–H and O–H groups in total. The fourth-order valence-electron chi connectivity index (χ4n) is 5.88. The predicted molar refractivity (Wildman–Crippen MR) is 126 cm³/mol. The van der Waals surface area contributed by atoms with Gasteiger partial charge in [-0.2, -0.15) is 0 Å². The number of halogens is 1. The fraction of sp³-hybridized carbons (Fsp3) is 0.464. The zero-order chi connectivity index (χ0) is 22.8. The summed E-state index contributed by atoms with van der Waals surface area (Å²) < 4.78 is 19.3. The van der Waals surface area contributed by atoms with Crippen LogP contribution in [0.15, 0.2) is 42.5 Å². The van der Waals surface area contributed by atoms with Gasteiger partial charge in [-0.3, -0.25) is 4.79 Å². The summed E-state index contributed by atoms with van der Waals surface area (Å²) in [6, 6.07) is 12.3. The minimum absolute atomic E-state index is 0.199. The van der Waals surface area contributed by atoms with Gasteiger partial charge in [0.05, 0.1) is 6.04 Å². The maximum absolute atomic E-state index is 13.7. The number of benzene rings is 2. The van der Waals surface area contributed by atoms with E-state index in [1.165, 1.54) is 51.0 Å². The van der Waals surface area contributed by atoms with E-state index in [1.807, 2.05) is 23.1 Å². The first kappa shape index (κ1) is 22.0. The van der Waals surface area contributed by atoms with Crippen molar-refractivity contribution in [3.63, 3.8) is 0 Å². The normalized spacial score (nSPS) is 25.9. The Kier molecular flexibility index (Phi) is 6.12. The van der Waals surface area contributed by atoms with E-state index in [0.29, 0.717) is 18.4 Å². The third-order valence-electron chi connectivity index (χ3n) is 7.92. The van der Waals surface area contributed by atoms with E-state index in [-0.39, 0.29) is 24.4 Å². The predicted octanol–water partition coefficient (Wildman–Crippen LogP) is 4.58. The molecule has 4 nitrogen and oxygen atoms in total. The summed E-state index contributed by atoms with van der Waals surface area (Å²) in [5, 5.41) is 0. The number of hydrogen-bond donors (Lipinski definition) is 0. The van der Waals surface area contributed by atoms with Crippen LogP contribution >= 0.6 is 0 Å². The highest BCUT2D eigenvalue weighted by Crippen LogP contribution is 2.44. The number of carbonyl (C=O) groups is 1. The zero-order valence-corrected chi connectivity index (χ0v) is 19.1. The van der Waals surface area contributed by atoms with E-state index < -0.39 is 0 Å². The Balaban J connectivity index is 1.39. The summed E-state index contributed by atoms with van der Waals surface area (Å²) in [5.74, 6) is 3.17. The van der Waals surface area contributed by atoms with Crippen LogP contribution in [0.2, 0.25) is 0 Å². The number of nitrogens with zero attached hydrogens (tertiary/aromatic N) is 2. The molecule has 0 unspecified atom stereocenters. The number of piperidine rings is 3. The summed E-state index contributed by atoms with van der Waals surface area (Å²) in [6.07, 6.45) is 11.3. The van der Waals surface area contributed by atoms with E-state index in [2.05, 4.69) is 10.8 Å². The lowest BCUT2D eigenvalue weighted by Gasteiger charge is -2.49. The van der Waals surface area contributed by atoms with Crippen molar-refractivity contribution in [3.05, 3.63) is 65.0 Å². The lowest BCUT2D eigenvalue weighted by molar-refractivity contribution is -0.134. The Morgan fingerprint density at radius 2 is 1.82 bits per heavy atom. The second kappa shape index (κ2) is 9.19.